The summed E-state index contributed by atoms with van der Waals surface area (Å²) in [6, 6.07) is 8.86. The summed E-state index contributed by atoms with van der Waals surface area (Å²) >= 11 is 0. The molecule has 0 radical (unpaired) electrons. The second-order valence-corrected chi connectivity index (χ2v) is 7.52. The van der Waals surface area contributed by atoms with Gasteiger partial charge in [-0.2, -0.15) is 0 Å². The fraction of sp³-hybridized carbons (Fsp3) is 0.524. The number of hydrogen-bond donors (Lipinski definition) is 2. The highest BCUT2D eigenvalue weighted by molar-refractivity contribution is 5.77. The zero-order valence-electron chi connectivity index (χ0n) is 16.1. The largest absolute Gasteiger partial charge is 0.480 e. The molecule has 6 heteroatoms. The van der Waals surface area contributed by atoms with Crippen LogP contribution in [0.15, 0.2) is 30.3 Å². The standard InChI is InChI=1S/C21H29N3O3/c1-3-23(14-20(25)26)19-12-18(13-19)22-21(27)24-9-7-16(8-10-24)17-6-4-5-15(2)11-17/h4-7,11,18-19H,3,8-10,12-14H2,1-2H3,(H,22,27)(H,25,26). The molecule has 2 aliphatic rings. The first kappa shape index (κ1) is 19.4. The lowest BCUT2D eigenvalue weighted by molar-refractivity contribution is -0.139. The van der Waals surface area contributed by atoms with Crippen molar-refractivity contribution in [1.82, 2.24) is 15.1 Å². The third kappa shape index (κ3) is 4.89. The summed E-state index contributed by atoms with van der Waals surface area (Å²) < 4.78 is 0. The summed E-state index contributed by atoms with van der Waals surface area (Å²) in [5, 5.41) is 12.1. The molecule has 3 rings (SSSR count). The maximum atomic E-state index is 12.5. The van der Waals surface area contributed by atoms with Crippen molar-refractivity contribution in [3.63, 3.8) is 0 Å². The number of nitrogens with zero attached hydrogens (tertiary/aromatic N) is 2. The Morgan fingerprint density at radius 3 is 2.70 bits per heavy atom. The molecule has 1 aromatic carbocycles. The van der Waals surface area contributed by atoms with Gasteiger partial charge in [0.15, 0.2) is 0 Å². The Labute approximate surface area is 160 Å². The molecule has 2 N–H and O–H groups in total. The van der Waals surface area contributed by atoms with E-state index in [0.29, 0.717) is 6.54 Å². The van der Waals surface area contributed by atoms with E-state index in [9.17, 15) is 9.59 Å². The van der Waals surface area contributed by atoms with Gasteiger partial charge in [-0.1, -0.05) is 42.8 Å². The molecule has 1 fully saturated rings. The number of hydrogen-bond acceptors (Lipinski definition) is 3. The average molecular weight is 371 g/mol. The Kier molecular flexibility index (Phi) is 6.16. The third-order valence-corrected chi connectivity index (χ3v) is 5.59. The van der Waals surface area contributed by atoms with Crippen LogP contribution in [0.3, 0.4) is 0 Å². The molecule has 6 nitrogen and oxygen atoms in total. The maximum absolute atomic E-state index is 12.5. The van der Waals surface area contributed by atoms with Gasteiger partial charge < -0.3 is 15.3 Å². The summed E-state index contributed by atoms with van der Waals surface area (Å²) in [6.45, 7) is 6.21. The van der Waals surface area contributed by atoms with E-state index < -0.39 is 5.97 Å². The van der Waals surface area contributed by atoms with Crippen LogP contribution in [0.2, 0.25) is 0 Å². The fourth-order valence-corrected chi connectivity index (χ4v) is 3.90. The number of benzene rings is 1. The van der Waals surface area contributed by atoms with Gasteiger partial charge in [0.25, 0.3) is 0 Å². The number of carbonyl (C=O) groups excluding carboxylic acids is 1. The van der Waals surface area contributed by atoms with Gasteiger partial charge in [0.2, 0.25) is 0 Å². The van der Waals surface area contributed by atoms with Crippen LogP contribution < -0.4 is 5.32 Å². The summed E-state index contributed by atoms with van der Waals surface area (Å²) in [7, 11) is 0. The number of carboxylic acids is 1. The SMILES string of the molecule is CCN(CC(=O)O)C1CC(NC(=O)N2CC=C(c3cccc(C)c3)CC2)C1. The summed E-state index contributed by atoms with van der Waals surface area (Å²) in [5.74, 6) is -0.797. The van der Waals surface area contributed by atoms with Crippen molar-refractivity contribution in [1.29, 1.82) is 0 Å². The number of carboxylic acid groups (broad SMARTS) is 1. The quantitative estimate of drug-likeness (QED) is 0.806. The Bertz CT molecular complexity index is 725. The molecule has 0 saturated heterocycles. The summed E-state index contributed by atoms with van der Waals surface area (Å²) in [6.07, 6.45) is 4.66. The second-order valence-electron chi connectivity index (χ2n) is 7.52. The molecule has 1 saturated carbocycles. The molecule has 146 valence electrons. The van der Waals surface area contributed by atoms with Crippen molar-refractivity contribution in [2.24, 2.45) is 0 Å². The maximum Gasteiger partial charge on any atom is 0.317 e. The first-order valence-corrected chi connectivity index (χ1v) is 9.73. The molecule has 0 aromatic heterocycles. The van der Waals surface area contributed by atoms with Crippen molar-refractivity contribution in [3.05, 3.63) is 41.5 Å². The molecule has 1 heterocycles. The molecule has 27 heavy (non-hydrogen) atoms. The molecule has 0 spiro atoms. The number of likely N-dealkylation sites (N-methyl/N-ethyl adjacent to an activating group) is 1. The van der Waals surface area contributed by atoms with E-state index in [2.05, 4.69) is 42.6 Å². The number of amides is 2. The summed E-state index contributed by atoms with van der Waals surface area (Å²) in [4.78, 5) is 27.2. The molecule has 0 atom stereocenters. The third-order valence-electron chi connectivity index (χ3n) is 5.59. The van der Waals surface area contributed by atoms with Crippen molar-refractivity contribution < 1.29 is 14.7 Å². The van der Waals surface area contributed by atoms with Crippen molar-refractivity contribution in [3.8, 4) is 0 Å². The monoisotopic (exact) mass is 371 g/mol. The first-order chi connectivity index (χ1) is 13.0. The minimum Gasteiger partial charge on any atom is -0.480 e. The van der Waals surface area contributed by atoms with Crippen LogP contribution in [-0.2, 0) is 4.79 Å². The predicted molar refractivity (Wildman–Crippen MR) is 106 cm³/mol. The average Bonchev–Trinajstić information content (AvgIpc) is 2.62. The molecule has 1 aromatic rings. The molecule has 0 bridgehead atoms. The number of aliphatic carboxylic acids is 1. The topological polar surface area (TPSA) is 72.9 Å². The molecule has 1 aliphatic heterocycles. The van der Waals surface area contributed by atoms with Crippen molar-refractivity contribution >= 4 is 17.6 Å². The Morgan fingerprint density at radius 2 is 2.11 bits per heavy atom. The van der Waals surface area contributed by atoms with Gasteiger partial charge in [0.1, 0.15) is 0 Å². The minimum atomic E-state index is -0.797. The lowest BCUT2D eigenvalue weighted by Crippen LogP contribution is -2.57. The Balaban J connectivity index is 1.46. The highest BCUT2D eigenvalue weighted by Gasteiger charge is 2.35. The Morgan fingerprint density at radius 1 is 1.33 bits per heavy atom. The van der Waals surface area contributed by atoms with Crippen LogP contribution in [0.25, 0.3) is 5.57 Å². The van der Waals surface area contributed by atoms with Crippen molar-refractivity contribution in [2.45, 2.75) is 45.2 Å². The van der Waals surface area contributed by atoms with Crippen LogP contribution in [0.1, 0.15) is 37.3 Å². The van der Waals surface area contributed by atoms with Gasteiger partial charge >= 0.3 is 12.0 Å². The lowest BCUT2D eigenvalue weighted by Gasteiger charge is -2.43. The molecule has 1 aliphatic carbocycles. The van der Waals surface area contributed by atoms with E-state index in [-0.39, 0.29) is 24.7 Å². The van der Waals surface area contributed by atoms with E-state index in [4.69, 9.17) is 5.11 Å². The van der Waals surface area contributed by atoms with E-state index in [0.717, 1.165) is 32.4 Å². The number of urea groups is 1. The van der Waals surface area contributed by atoms with E-state index >= 15 is 0 Å². The van der Waals surface area contributed by atoms with Gasteiger partial charge in [-0.25, -0.2) is 4.79 Å². The van der Waals surface area contributed by atoms with Crippen LogP contribution in [0.4, 0.5) is 4.79 Å². The number of aryl methyl sites for hydroxylation is 1. The van der Waals surface area contributed by atoms with E-state index in [1.54, 1.807) is 0 Å². The van der Waals surface area contributed by atoms with E-state index in [1.165, 1.54) is 16.7 Å². The van der Waals surface area contributed by atoms with Gasteiger partial charge in [0, 0.05) is 25.2 Å². The first-order valence-electron chi connectivity index (χ1n) is 9.73. The normalized spacial score (nSPS) is 22.2. The van der Waals surface area contributed by atoms with E-state index in [1.807, 2.05) is 16.7 Å². The molecular formula is C21H29N3O3. The van der Waals surface area contributed by atoms with Gasteiger partial charge in [-0.15, -0.1) is 0 Å². The smallest absolute Gasteiger partial charge is 0.317 e. The summed E-state index contributed by atoms with van der Waals surface area (Å²) in [5.41, 5.74) is 3.80. The lowest BCUT2D eigenvalue weighted by atomic mass is 9.85. The Hall–Kier alpha value is -2.34. The number of rotatable bonds is 6. The van der Waals surface area contributed by atoms with Gasteiger partial charge in [-0.3, -0.25) is 9.69 Å². The number of nitrogens with one attached hydrogen (secondary N) is 1. The fourth-order valence-electron chi connectivity index (χ4n) is 3.90. The van der Waals surface area contributed by atoms with Crippen LogP contribution >= 0.6 is 0 Å². The second kappa shape index (κ2) is 8.57. The molecule has 0 unspecified atom stereocenters. The highest BCUT2D eigenvalue weighted by atomic mass is 16.4. The predicted octanol–water partition coefficient (Wildman–Crippen LogP) is 2.73. The zero-order valence-corrected chi connectivity index (χ0v) is 16.1. The zero-order chi connectivity index (χ0) is 19.4. The molecule has 2 amide bonds. The molecular weight excluding hydrogens is 342 g/mol. The van der Waals surface area contributed by atoms with Crippen LogP contribution in [-0.4, -0.2) is 65.2 Å². The van der Waals surface area contributed by atoms with Gasteiger partial charge in [-0.05, 0) is 43.9 Å². The van der Waals surface area contributed by atoms with Crippen molar-refractivity contribution in [2.75, 3.05) is 26.2 Å². The highest BCUT2D eigenvalue weighted by Crippen LogP contribution is 2.27. The van der Waals surface area contributed by atoms with Gasteiger partial charge in [0.05, 0.1) is 6.54 Å². The minimum absolute atomic E-state index is 0.0146. The van der Waals surface area contributed by atoms with Crippen LogP contribution in [0.5, 0.6) is 0 Å². The van der Waals surface area contributed by atoms with Crippen LogP contribution in [0, 0.1) is 6.92 Å². The number of carbonyl (C=O) groups is 2.